The molecule has 166 valence electrons. The first-order chi connectivity index (χ1) is 13.4. The SMILES string of the molecule is CN=C(NCC1(C(=O)N(C)C)CCCC1)N1CCN(CC(=O)NC2CC2)CC1.I. The molecule has 0 radical (unpaired) electrons. The van der Waals surface area contributed by atoms with Crippen LogP contribution in [0, 0.1) is 5.41 Å². The van der Waals surface area contributed by atoms with Crippen LogP contribution in [0.15, 0.2) is 4.99 Å². The van der Waals surface area contributed by atoms with Crippen LogP contribution < -0.4 is 10.6 Å². The second kappa shape index (κ2) is 10.8. The minimum atomic E-state index is -0.303. The Morgan fingerprint density at radius 2 is 1.72 bits per heavy atom. The lowest BCUT2D eigenvalue weighted by Crippen LogP contribution is -2.56. The van der Waals surface area contributed by atoms with E-state index < -0.39 is 0 Å². The van der Waals surface area contributed by atoms with Crippen molar-refractivity contribution in [3.8, 4) is 0 Å². The van der Waals surface area contributed by atoms with Gasteiger partial charge in [-0.3, -0.25) is 19.5 Å². The number of carbonyl (C=O) groups is 2. The molecule has 0 aromatic rings. The molecule has 1 heterocycles. The van der Waals surface area contributed by atoms with Crippen molar-refractivity contribution in [2.24, 2.45) is 10.4 Å². The lowest BCUT2D eigenvalue weighted by molar-refractivity contribution is -0.138. The summed E-state index contributed by atoms with van der Waals surface area (Å²) in [6, 6.07) is 0.421. The molecular formula is C20H37IN6O2. The zero-order valence-electron chi connectivity index (χ0n) is 18.1. The fourth-order valence-corrected chi connectivity index (χ4v) is 4.39. The van der Waals surface area contributed by atoms with Crippen LogP contribution in [0.3, 0.4) is 0 Å². The van der Waals surface area contributed by atoms with Gasteiger partial charge in [-0.2, -0.15) is 0 Å². The van der Waals surface area contributed by atoms with Crippen molar-refractivity contribution in [2.75, 3.05) is 60.4 Å². The van der Waals surface area contributed by atoms with Gasteiger partial charge in [-0.25, -0.2) is 0 Å². The predicted octanol–water partition coefficient (Wildman–Crippen LogP) is 0.725. The zero-order valence-corrected chi connectivity index (χ0v) is 20.4. The second-order valence-corrected chi connectivity index (χ2v) is 8.69. The molecule has 0 unspecified atom stereocenters. The number of nitrogens with one attached hydrogen (secondary N) is 2. The van der Waals surface area contributed by atoms with E-state index in [2.05, 4.69) is 25.4 Å². The molecule has 1 saturated heterocycles. The number of aliphatic imine (C=N–C) groups is 1. The molecule has 9 heteroatoms. The molecule has 1 aliphatic heterocycles. The number of amides is 2. The summed E-state index contributed by atoms with van der Waals surface area (Å²) in [6.45, 7) is 4.49. The van der Waals surface area contributed by atoms with Gasteiger partial charge in [-0.15, -0.1) is 24.0 Å². The van der Waals surface area contributed by atoms with E-state index in [-0.39, 0.29) is 41.2 Å². The summed E-state index contributed by atoms with van der Waals surface area (Å²) < 4.78 is 0. The topological polar surface area (TPSA) is 80.3 Å². The minimum absolute atomic E-state index is 0. The number of nitrogens with zero attached hydrogens (tertiary/aromatic N) is 4. The fourth-order valence-electron chi connectivity index (χ4n) is 4.39. The molecule has 0 bridgehead atoms. The lowest BCUT2D eigenvalue weighted by atomic mass is 9.84. The standard InChI is InChI=1S/C20H36N6O2.HI/c1-21-19(22-15-20(8-4-5-9-20)18(28)24(2)3)26-12-10-25(11-13-26)14-17(27)23-16-6-7-16;/h16H,4-15H2,1-3H3,(H,21,22)(H,23,27);1H. The van der Waals surface area contributed by atoms with Crippen LogP contribution in [0.5, 0.6) is 0 Å². The van der Waals surface area contributed by atoms with Crippen LogP contribution in [-0.2, 0) is 9.59 Å². The molecule has 2 amide bonds. The van der Waals surface area contributed by atoms with Crippen molar-refractivity contribution in [3.63, 3.8) is 0 Å². The summed E-state index contributed by atoms with van der Waals surface area (Å²) in [7, 11) is 5.48. The first kappa shape index (κ1) is 24.2. The van der Waals surface area contributed by atoms with Gasteiger partial charge in [0.2, 0.25) is 11.8 Å². The molecule has 2 aliphatic carbocycles. The Labute approximate surface area is 191 Å². The Morgan fingerprint density at radius 3 is 2.24 bits per heavy atom. The van der Waals surface area contributed by atoms with Gasteiger partial charge >= 0.3 is 0 Å². The fraction of sp³-hybridized carbons (Fsp3) is 0.850. The predicted molar refractivity (Wildman–Crippen MR) is 126 cm³/mol. The van der Waals surface area contributed by atoms with E-state index >= 15 is 0 Å². The number of piperazine rings is 1. The van der Waals surface area contributed by atoms with Crippen LogP contribution in [-0.4, -0.2) is 98.9 Å². The highest BCUT2D eigenvalue weighted by atomic mass is 127. The zero-order chi connectivity index (χ0) is 20.1. The van der Waals surface area contributed by atoms with E-state index in [0.29, 0.717) is 19.1 Å². The third-order valence-electron chi connectivity index (χ3n) is 6.20. The normalized spacial score (nSPS) is 22.0. The van der Waals surface area contributed by atoms with Gasteiger partial charge < -0.3 is 20.4 Å². The van der Waals surface area contributed by atoms with E-state index in [1.165, 1.54) is 0 Å². The molecular weight excluding hydrogens is 483 g/mol. The largest absolute Gasteiger partial charge is 0.355 e. The first-order valence-corrected chi connectivity index (χ1v) is 10.6. The molecule has 2 saturated carbocycles. The molecule has 0 aromatic heterocycles. The van der Waals surface area contributed by atoms with Crippen molar-refractivity contribution in [1.29, 1.82) is 0 Å². The quantitative estimate of drug-likeness (QED) is 0.307. The van der Waals surface area contributed by atoms with Gasteiger partial charge in [0.1, 0.15) is 0 Å². The van der Waals surface area contributed by atoms with Gasteiger partial charge in [-0.1, -0.05) is 12.8 Å². The first-order valence-electron chi connectivity index (χ1n) is 10.6. The van der Waals surface area contributed by atoms with E-state index in [0.717, 1.165) is 70.7 Å². The number of carbonyl (C=O) groups excluding carboxylic acids is 2. The summed E-state index contributed by atoms with van der Waals surface area (Å²) in [6.07, 6.45) is 6.36. The second-order valence-electron chi connectivity index (χ2n) is 8.69. The van der Waals surface area contributed by atoms with Crippen molar-refractivity contribution < 1.29 is 9.59 Å². The number of rotatable bonds is 6. The molecule has 3 rings (SSSR count). The van der Waals surface area contributed by atoms with Crippen LogP contribution >= 0.6 is 24.0 Å². The monoisotopic (exact) mass is 520 g/mol. The number of hydrogen-bond donors (Lipinski definition) is 2. The molecule has 0 spiro atoms. The highest BCUT2D eigenvalue weighted by Gasteiger charge is 2.42. The summed E-state index contributed by atoms with van der Waals surface area (Å²) in [5, 5.41) is 6.53. The van der Waals surface area contributed by atoms with Crippen LogP contribution in [0.25, 0.3) is 0 Å². The molecule has 8 nitrogen and oxygen atoms in total. The van der Waals surface area contributed by atoms with Crippen LogP contribution in [0.4, 0.5) is 0 Å². The molecule has 0 aromatic carbocycles. The average Bonchev–Trinajstić information content (AvgIpc) is 3.36. The molecule has 0 atom stereocenters. The Morgan fingerprint density at radius 1 is 1.10 bits per heavy atom. The summed E-state index contributed by atoms with van der Waals surface area (Å²) >= 11 is 0. The number of hydrogen-bond acceptors (Lipinski definition) is 4. The van der Waals surface area contributed by atoms with Crippen LogP contribution in [0.1, 0.15) is 38.5 Å². The number of guanidine groups is 1. The average molecular weight is 520 g/mol. The van der Waals surface area contributed by atoms with Gasteiger partial charge in [0, 0.05) is 59.9 Å². The molecule has 29 heavy (non-hydrogen) atoms. The van der Waals surface area contributed by atoms with Crippen molar-refractivity contribution in [3.05, 3.63) is 0 Å². The highest BCUT2D eigenvalue weighted by molar-refractivity contribution is 14.0. The third kappa shape index (κ3) is 6.44. The Kier molecular flexibility index (Phi) is 8.99. The summed E-state index contributed by atoms with van der Waals surface area (Å²) in [5.74, 6) is 1.23. The molecule has 3 fully saturated rings. The maximum atomic E-state index is 12.8. The van der Waals surface area contributed by atoms with Crippen molar-refractivity contribution in [2.45, 2.75) is 44.6 Å². The lowest BCUT2D eigenvalue weighted by Gasteiger charge is -2.38. The number of halogens is 1. The maximum Gasteiger partial charge on any atom is 0.234 e. The minimum Gasteiger partial charge on any atom is -0.355 e. The van der Waals surface area contributed by atoms with Gasteiger partial charge in [0.15, 0.2) is 5.96 Å². The maximum absolute atomic E-state index is 12.8. The van der Waals surface area contributed by atoms with Crippen LogP contribution in [0.2, 0.25) is 0 Å². The van der Waals surface area contributed by atoms with Gasteiger partial charge in [0.05, 0.1) is 12.0 Å². The molecule has 3 aliphatic rings. The molecule has 2 N–H and O–H groups in total. The third-order valence-corrected chi connectivity index (χ3v) is 6.20. The van der Waals surface area contributed by atoms with Gasteiger partial charge in [0.25, 0.3) is 0 Å². The van der Waals surface area contributed by atoms with Gasteiger partial charge in [-0.05, 0) is 25.7 Å². The van der Waals surface area contributed by atoms with Crippen molar-refractivity contribution in [1.82, 2.24) is 25.3 Å². The smallest absolute Gasteiger partial charge is 0.234 e. The Balaban J connectivity index is 0.00000300. The Bertz CT molecular complexity index is 594. The summed E-state index contributed by atoms with van der Waals surface area (Å²) in [5.41, 5.74) is -0.303. The highest BCUT2D eigenvalue weighted by Crippen LogP contribution is 2.39. The van der Waals surface area contributed by atoms with E-state index in [1.807, 2.05) is 14.1 Å². The van der Waals surface area contributed by atoms with E-state index in [4.69, 9.17) is 0 Å². The van der Waals surface area contributed by atoms with Crippen molar-refractivity contribution >= 4 is 41.8 Å². The van der Waals surface area contributed by atoms with E-state index in [9.17, 15) is 9.59 Å². The summed E-state index contributed by atoms with van der Waals surface area (Å²) in [4.78, 5) is 35.4. The van der Waals surface area contributed by atoms with E-state index in [1.54, 1.807) is 11.9 Å². The Hall–Kier alpha value is -1.10.